The molecule has 3 amide bonds. The summed E-state index contributed by atoms with van der Waals surface area (Å²) in [5, 5.41) is 3.84. The van der Waals surface area contributed by atoms with E-state index in [1.54, 1.807) is 23.1 Å². The quantitative estimate of drug-likeness (QED) is 0.190. The number of methoxy groups -OCH3 is 2. The lowest BCUT2D eigenvalue weighted by Gasteiger charge is -2.28. The minimum Gasteiger partial charge on any atom is -0.497 e. The third-order valence-electron chi connectivity index (χ3n) is 7.09. The zero-order valence-corrected chi connectivity index (χ0v) is 24.3. The van der Waals surface area contributed by atoms with Crippen LogP contribution < -0.4 is 14.8 Å². The summed E-state index contributed by atoms with van der Waals surface area (Å²) in [6, 6.07) is 17.1. The summed E-state index contributed by atoms with van der Waals surface area (Å²) in [6.45, 7) is 2.39. The molecule has 228 valence electrons. The van der Waals surface area contributed by atoms with Crippen LogP contribution in [0.15, 0.2) is 72.9 Å². The normalized spacial score (nSPS) is 11.3. The van der Waals surface area contributed by atoms with Gasteiger partial charge in [-0.15, -0.1) is 0 Å². The van der Waals surface area contributed by atoms with Crippen molar-refractivity contribution in [2.75, 3.05) is 39.2 Å². The summed E-state index contributed by atoms with van der Waals surface area (Å²) >= 11 is 0. The number of benzene rings is 3. The molecule has 0 fully saturated rings. The van der Waals surface area contributed by atoms with Crippen LogP contribution in [0.5, 0.6) is 11.5 Å². The van der Waals surface area contributed by atoms with Crippen LogP contribution in [-0.2, 0) is 23.9 Å². The maximum absolute atomic E-state index is 13.7. The van der Waals surface area contributed by atoms with E-state index < -0.39 is 17.8 Å². The molecule has 4 rings (SSSR count). The molecule has 0 aliphatic rings. The molecular weight excluding hydrogens is 561 g/mol. The lowest BCUT2D eigenvalue weighted by molar-refractivity contribution is -0.137. The van der Waals surface area contributed by atoms with Crippen molar-refractivity contribution in [3.05, 3.63) is 89.6 Å². The maximum atomic E-state index is 13.7. The molecule has 2 N–H and O–H groups in total. The van der Waals surface area contributed by atoms with Gasteiger partial charge < -0.3 is 29.6 Å². The molecule has 0 radical (unpaired) electrons. The fraction of sp³-hybridized carbons (Fsp3) is 0.312. The van der Waals surface area contributed by atoms with Crippen LogP contribution >= 0.6 is 0 Å². The number of urea groups is 1. The van der Waals surface area contributed by atoms with Gasteiger partial charge in [0.05, 0.1) is 25.5 Å². The fourth-order valence-corrected chi connectivity index (χ4v) is 4.79. The van der Waals surface area contributed by atoms with Crippen molar-refractivity contribution in [3.63, 3.8) is 0 Å². The molecule has 0 aliphatic carbocycles. The zero-order chi connectivity index (χ0) is 31.0. The van der Waals surface area contributed by atoms with Crippen LogP contribution in [-0.4, -0.2) is 60.6 Å². The third-order valence-corrected chi connectivity index (χ3v) is 7.09. The molecule has 8 nitrogen and oxygen atoms in total. The first-order valence-corrected chi connectivity index (χ1v) is 13.9. The Kier molecular flexibility index (Phi) is 10.2. The minimum atomic E-state index is -4.45. The Morgan fingerprint density at radius 1 is 0.930 bits per heavy atom. The Balaban J connectivity index is 1.53. The van der Waals surface area contributed by atoms with E-state index in [0.29, 0.717) is 48.7 Å². The number of hydrogen-bond acceptors (Lipinski definition) is 4. The lowest BCUT2D eigenvalue weighted by atomic mass is 10.1. The Morgan fingerprint density at radius 3 is 2.35 bits per heavy atom. The van der Waals surface area contributed by atoms with Gasteiger partial charge in [0.15, 0.2) is 0 Å². The summed E-state index contributed by atoms with van der Waals surface area (Å²) in [7, 11) is 3.00. The van der Waals surface area contributed by atoms with Crippen molar-refractivity contribution >= 4 is 28.5 Å². The summed E-state index contributed by atoms with van der Waals surface area (Å²) in [4.78, 5) is 33.2. The van der Waals surface area contributed by atoms with E-state index in [-0.39, 0.29) is 19.0 Å². The van der Waals surface area contributed by atoms with Crippen molar-refractivity contribution in [3.8, 4) is 11.5 Å². The van der Waals surface area contributed by atoms with Gasteiger partial charge in [-0.25, -0.2) is 4.79 Å². The van der Waals surface area contributed by atoms with E-state index in [1.807, 2.05) is 37.4 Å². The van der Waals surface area contributed by atoms with Crippen molar-refractivity contribution < 1.29 is 32.2 Å². The highest BCUT2D eigenvalue weighted by Crippen LogP contribution is 2.30. The number of H-pyrrole nitrogens is 1. The van der Waals surface area contributed by atoms with Gasteiger partial charge in [-0.2, -0.15) is 13.2 Å². The number of alkyl halides is 3. The highest BCUT2D eigenvalue weighted by molar-refractivity contribution is 5.93. The van der Waals surface area contributed by atoms with E-state index in [0.717, 1.165) is 28.6 Å². The Labute approximate surface area is 248 Å². The van der Waals surface area contributed by atoms with E-state index in [9.17, 15) is 22.8 Å². The first-order valence-electron chi connectivity index (χ1n) is 13.9. The number of hydrogen-bond donors (Lipinski definition) is 2. The number of rotatable bonds is 12. The van der Waals surface area contributed by atoms with Gasteiger partial charge in [0.2, 0.25) is 5.91 Å². The van der Waals surface area contributed by atoms with Crippen molar-refractivity contribution in [2.24, 2.45) is 0 Å². The second-order valence-electron chi connectivity index (χ2n) is 10.0. The van der Waals surface area contributed by atoms with Crippen molar-refractivity contribution in [1.29, 1.82) is 0 Å². The number of ether oxygens (including phenoxy) is 2. The molecule has 0 unspecified atom stereocenters. The molecule has 1 aromatic heterocycles. The van der Waals surface area contributed by atoms with Gasteiger partial charge in [-0.1, -0.05) is 37.3 Å². The predicted octanol–water partition coefficient (Wildman–Crippen LogP) is 6.72. The highest BCUT2D eigenvalue weighted by atomic mass is 19.4. The van der Waals surface area contributed by atoms with Crippen LogP contribution in [0.1, 0.15) is 30.0 Å². The van der Waals surface area contributed by atoms with Gasteiger partial charge in [0.1, 0.15) is 18.0 Å². The molecule has 0 bridgehead atoms. The molecule has 0 atom stereocenters. The number of carbonyl (C=O) groups excluding carboxylic acids is 2. The van der Waals surface area contributed by atoms with Gasteiger partial charge in [-0.3, -0.25) is 4.79 Å². The summed E-state index contributed by atoms with van der Waals surface area (Å²) in [6.07, 6.45) is -1.44. The molecule has 0 aliphatic heterocycles. The number of nitrogens with one attached hydrogen (secondary N) is 2. The average molecular weight is 597 g/mol. The lowest BCUT2D eigenvalue weighted by Crippen LogP contribution is -2.45. The molecule has 11 heteroatoms. The number of anilines is 1. The molecule has 1 heterocycles. The molecule has 4 aromatic rings. The SMILES string of the molecule is CCCN(CC(=O)N(CCc1c[nH]c2ccccc12)Cc1ccc(C(F)(F)F)cc1)C(=O)Nc1ccc(OC)cc1OC. The topological polar surface area (TPSA) is 86.9 Å². The summed E-state index contributed by atoms with van der Waals surface area (Å²) in [5.74, 6) is 0.632. The Bertz CT molecular complexity index is 1540. The van der Waals surface area contributed by atoms with E-state index in [2.05, 4.69) is 10.3 Å². The minimum absolute atomic E-state index is 0.0905. The first-order chi connectivity index (χ1) is 20.6. The molecular formula is C32H35F3N4O4. The number of fused-ring (bicyclic) bond motifs is 1. The van der Waals surface area contributed by atoms with Crippen molar-refractivity contribution in [2.45, 2.75) is 32.5 Å². The van der Waals surface area contributed by atoms with Gasteiger partial charge in [0.25, 0.3) is 0 Å². The zero-order valence-electron chi connectivity index (χ0n) is 24.3. The second kappa shape index (κ2) is 14.0. The number of carbonyl (C=O) groups is 2. The summed E-state index contributed by atoms with van der Waals surface area (Å²) < 4.78 is 50.0. The fourth-order valence-electron chi connectivity index (χ4n) is 4.79. The number of aromatic nitrogens is 1. The van der Waals surface area contributed by atoms with Gasteiger partial charge in [0, 0.05) is 42.8 Å². The number of nitrogens with zero attached hydrogens (tertiary/aromatic N) is 2. The summed E-state index contributed by atoms with van der Waals surface area (Å²) in [5.41, 5.74) is 2.19. The van der Waals surface area contributed by atoms with E-state index >= 15 is 0 Å². The molecule has 3 aromatic carbocycles. The first kappa shape index (κ1) is 31.3. The second-order valence-corrected chi connectivity index (χ2v) is 10.0. The standard InChI is InChI=1S/C32H35F3N4O4/c1-4-16-39(31(41)37-28-14-13-25(42-2)18-29(28)43-3)21-30(40)38(20-22-9-11-24(12-10-22)32(33,34)35)17-15-23-19-36-27-8-6-5-7-26(23)27/h5-14,18-19,36H,4,15-17,20-21H2,1-3H3,(H,37,41). The molecule has 0 saturated carbocycles. The predicted molar refractivity (Wildman–Crippen MR) is 159 cm³/mol. The van der Waals surface area contributed by atoms with E-state index in [1.165, 1.54) is 31.3 Å². The highest BCUT2D eigenvalue weighted by Gasteiger charge is 2.30. The van der Waals surface area contributed by atoms with E-state index in [4.69, 9.17) is 9.47 Å². The maximum Gasteiger partial charge on any atom is 0.416 e. The van der Waals surface area contributed by atoms with Gasteiger partial charge in [-0.05, 0) is 54.3 Å². The Hall–Kier alpha value is -4.67. The average Bonchev–Trinajstić information content (AvgIpc) is 3.42. The van der Waals surface area contributed by atoms with Crippen LogP contribution in [0.2, 0.25) is 0 Å². The van der Waals surface area contributed by atoms with Crippen LogP contribution in [0.25, 0.3) is 10.9 Å². The van der Waals surface area contributed by atoms with Gasteiger partial charge >= 0.3 is 12.2 Å². The van der Waals surface area contributed by atoms with Crippen LogP contribution in [0.3, 0.4) is 0 Å². The van der Waals surface area contributed by atoms with Crippen LogP contribution in [0, 0.1) is 0 Å². The smallest absolute Gasteiger partial charge is 0.416 e. The largest absolute Gasteiger partial charge is 0.497 e. The van der Waals surface area contributed by atoms with Crippen molar-refractivity contribution in [1.82, 2.24) is 14.8 Å². The molecule has 0 saturated heterocycles. The third kappa shape index (κ3) is 8.00. The Morgan fingerprint density at radius 2 is 1.67 bits per heavy atom. The number of para-hydroxylation sites is 1. The monoisotopic (exact) mass is 596 g/mol. The van der Waals surface area contributed by atoms with Crippen LogP contribution in [0.4, 0.5) is 23.7 Å². The number of halogens is 3. The molecule has 0 spiro atoms. The molecule has 43 heavy (non-hydrogen) atoms. The number of amides is 3. The number of aromatic amines is 1.